The Bertz CT molecular complexity index is 858. The van der Waals surface area contributed by atoms with Crippen molar-refractivity contribution in [1.29, 1.82) is 0 Å². The third-order valence-electron chi connectivity index (χ3n) is 4.88. The summed E-state index contributed by atoms with van der Waals surface area (Å²) in [4.78, 5) is 0.441. The molecule has 0 radical (unpaired) electrons. The van der Waals surface area contributed by atoms with Crippen LogP contribution in [0.3, 0.4) is 0 Å². The summed E-state index contributed by atoms with van der Waals surface area (Å²) >= 11 is 0. The number of allylic oxidation sites excluding steroid dienone is 1. The molecule has 0 aromatic heterocycles. The lowest BCUT2D eigenvalue weighted by atomic mass is 9.91. The van der Waals surface area contributed by atoms with Crippen LogP contribution in [0, 0.1) is 0 Å². The molecule has 0 bridgehead atoms. The first kappa shape index (κ1) is 17.9. The van der Waals surface area contributed by atoms with Crippen molar-refractivity contribution >= 4 is 9.84 Å². The van der Waals surface area contributed by atoms with Crippen LogP contribution in [-0.2, 0) is 9.84 Å². The van der Waals surface area contributed by atoms with Crippen LogP contribution in [0.2, 0.25) is 0 Å². The van der Waals surface area contributed by atoms with E-state index in [4.69, 9.17) is 0 Å². The van der Waals surface area contributed by atoms with Crippen molar-refractivity contribution in [3.63, 3.8) is 0 Å². The first-order valence-corrected chi connectivity index (χ1v) is 10.5. The smallest absolute Gasteiger partial charge is 0.180 e. The predicted molar refractivity (Wildman–Crippen MR) is 102 cm³/mol. The molecule has 0 fully saturated rings. The largest absolute Gasteiger partial charge is 0.296 e. The highest BCUT2D eigenvalue weighted by molar-refractivity contribution is 7.91. The molecule has 1 N–H and O–H groups in total. The Morgan fingerprint density at radius 1 is 1.08 bits per heavy atom. The Balaban J connectivity index is 2.22. The summed E-state index contributed by atoms with van der Waals surface area (Å²) in [5, 5.41) is 3.68. The zero-order valence-corrected chi connectivity index (χ0v) is 15.6. The van der Waals surface area contributed by atoms with E-state index in [1.165, 1.54) is 0 Å². The van der Waals surface area contributed by atoms with E-state index in [0.29, 0.717) is 11.3 Å². The molecule has 1 aliphatic heterocycles. The summed E-state index contributed by atoms with van der Waals surface area (Å²) in [6.45, 7) is 4.11. The Kier molecular flexibility index (Phi) is 5.11. The molecule has 0 amide bonds. The highest BCUT2D eigenvalue weighted by Crippen LogP contribution is 2.36. The molecule has 25 heavy (non-hydrogen) atoms. The van der Waals surface area contributed by atoms with Crippen LogP contribution in [0.1, 0.15) is 43.9 Å². The van der Waals surface area contributed by atoms with Gasteiger partial charge in [-0.1, -0.05) is 74.5 Å². The van der Waals surface area contributed by atoms with Gasteiger partial charge >= 0.3 is 0 Å². The van der Waals surface area contributed by atoms with Crippen LogP contribution in [0.5, 0.6) is 0 Å². The summed E-state index contributed by atoms with van der Waals surface area (Å²) in [6.07, 6.45) is 5.70. The molecule has 4 heteroatoms. The summed E-state index contributed by atoms with van der Waals surface area (Å²) in [7, 11) is -3.38. The van der Waals surface area contributed by atoms with E-state index in [1.807, 2.05) is 43.3 Å². The van der Waals surface area contributed by atoms with Crippen LogP contribution in [-0.4, -0.2) is 19.7 Å². The van der Waals surface area contributed by atoms with Crippen molar-refractivity contribution < 1.29 is 8.42 Å². The molecule has 1 heterocycles. The van der Waals surface area contributed by atoms with Crippen LogP contribution in [0.15, 0.2) is 71.6 Å². The van der Waals surface area contributed by atoms with E-state index in [2.05, 4.69) is 30.4 Å². The number of fused-ring (bicyclic) bond motifs is 1. The highest BCUT2D eigenvalue weighted by atomic mass is 32.2. The average molecular weight is 356 g/mol. The second-order valence-corrected chi connectivity index (χ2v) is 8.56. The molecule has 1 aliphatic rings. The Hall–Kier alpha value is -1.91. The van der Waals surface area contributed by atoms with Gasteiger partial charge in [0.2, 0.25) is 0 Å². The molecule has 3 nitrogen and oxygen atoms in total. The third kappa shape index (κ3) is 3.55. The third-order valence-corrected chi connectivity index (χ3v) is 6.82. The quantitative estimate of drug-likeness (QED) is 0.833. The average Bonchev–Trinajstić information content (AvgIpc) is 2.74. The molecule has 132 valence electrons. The maximum Gasteiger partial charge on any atom is 0.180 e. The number of nitrogens with one attached hydrogen (secondary N) is 1. The van der Waals surface area contributed by atoms with Gasteiger partial charge in [0.05, 0.1) is 22.2 Å². The van der Waals surface area contributed by atoms with Gasteiger partial charge in [-0.2, -0.15) is 0 Å². The lowest BCUT2D eigenvalue weighted by Crippen LogP contribution is -2.48. The van der Waals surface area contributed by atoms with Gasteiger partial charge in [0, 0.05) is 0 Å². The van der Waals surface area contributed by atoms with E-state index in [-0.39, 0.29) is 11.8 Å². The minimum absolute atomic E-state index is 0.0767. The van der Waals surface area contributed by atoms with Crippen LogP contribution >= 0.6 is 0 Å². The second-order valence-electron chi connectivity index (χ2n) is 6.61. The van der Waals surface area contributed by atoms with Gasteiger partial charge in [-0.05, 0) is 30.0 Å². The summed E-state index contributed by atoms with van der Waals surface area (Å²) in [6, 6.07) is 17.3. The van der Waals surface area contributed by atoms with Crippen molar-refractivity contribution in [2.75, 3.05) is 5.75 Å². The van der Waals surface area contributed by atoms with Gasteiger partial charge in [-0.25, -0.2) is 8.42 Å². The van der Waals surface area contributed by atoms with Crippen LogP contribution in [0.4, 0.5) is 0 Å². The summed E-state index contributed by atoms with van der Waals surface area (Å²) < 4.78 is 26.3. The number of hydrogen-bond donors (Lipinski definition) is 1. The zero-order valence-electron chi connectivity index (χ0n) is 14.8. The number of sulfone groups is 1. The van der Waals surface area contributed by atoms with E-state index in [9.17, 15) is 8.42 Å². The normalized spacial score (nSPS) is 25.4. The zero-order chi connectivity index (χ0) is 17.9. The Labute approximate surface area is 150 Å². The monoisotopic (exact) mass is 355 g/mol. The van der Waals surface area contributed by atoms with Gasteiger partial charge in [0.1, 0.15) is 0 Å². The first-order valence-electron chi connectivity index (χ1n) is 8.83. The fraction of sp³-hybridized carbons (Fsp3) is 0.333. The van der Waals surface area contributed by atoms with Crippen molar-refractivity contribution in [3.05, 3.63) is 77.9 Å². The number of rotatable bonds is 4. The molecule has 0 aliphatic carbocycles. The van der Waals surface area contributed by atoms with Crippen molar-refractivity contribution in [2.24, 2.45) is 0 Å². The molecule has 3 rings (SSSR count). The number of hydrogen-bond acceptors (Lipinski definition) is 3. The fourth-order valence-corrected chi connectivity index (χ4v) is 5.54. The second kappa shape index (κ2) is 7.14. The molecule has 0 spiro atoms. The topological polar surface area (TPSA) is 46.2 Å². The van der Waals surface area contributed by atoms with E-state index in [1.54, 1.807) is 12.1 Å². The minimum atomic E-state index is -3.38. The van der Waals surface area contributed by atoms with Crippen molar-refractivity contribution in [1.82, 2.24) is 5.32 Å². The minimum Gasteiger partial charge on any atom is -0.296 e. The van der Waals surface area contributed by atoms with Crippen LogP contribution in [0.25, 0.3) is 0 Å². The van der Waals surface area contributed by atoms with Gasteiger partial charge in [0.25, 0.3) is 0 Å². The molecule has 0 saturated carbocycles. The first-order chi connectivity index (χ1) is 12.0. The molecule has 0 saturated heterocycles. The van der Waals surface area contributed by atoms with E-state index in [0.717, 1.165) is 17.5 Å². The fourth-order valence-electron chi connectivity index (χ4n) is 3.50. The molecular weight excluding hydrogens is 330 g/mol. The summed E-state index contributed by atoms with van der Waals surface area (Å²) in [5.74, 6) is 0.0767. The molecule has 2 atom stereocenters. The maximum atomic E-state index is 13.1. The van der Waals surface area contributed by atoms with Gasteiger partial charge in [-0.3, -0.25) is 5.32 Å². The maximum absolute atomic E-state index is 13.1. The van der Waals surface area contributed by atoms with E-state index >= 15 is 0 Å². The Morgan fingerprint density at radius 2 is 1.76 bits per heavy atom. The van der Waals surface area contributed by atoms with Crippen molar-refractivity contribution in [2.45, 2.75) is 43.2 Å². The van der Waals surface area contributed by atoms with Gasteiger partial charge in [-0.15, -0.1) is 0 Å². The molecular formula is C21H25NO2S. The predicted octanol–water partition coefficient (Wildman–Crippen LogP) is 4.27. The standard InChI is InChI=1S/C21H25NO2S/c1-3-5-15-21(4-2)16-25(23,24)19-14-10-9-13-18(19)20(22-21)17-11-7-6-8-12-17/h5-15,20,22H,3-4,16H2,1-2H3/b15-5+/t20-,21-/m0/s1. The number of benzene rings is 2. The lowest BCUT2D eigenvalue weighted by Gasteiger charge is -2.33. The van der Waals surface area contributed by atoms with E-state index < -0.39 is 15.4 Å². The van der Waals surface area contributed by atoms with Gasteiger partial charge in [0.15, 0.2) is 9.84 Å². The molecule has 2 aromatic carbocycles. The lowest BCUT2D eigenvalue weighted by molar-refractivity contribution is 0.394. The highest BCUT2D eigenvalue weighted by Gasteiger charge is 2.40. The van der Waals surface area contributed by atoms with Crippen molar-refractivity contribution in [3.8, 4) is 0 Å². The SMILES string of the molecule is CC/C=C/[C@@]1(CC)CS(=O)(=O)c2ccccc2[C@H](c2ccccc2)N1. The molecule has 2 aromatic rings. The summed E-state index contributed by atoms with van der Waals surface area (Å²) in [5.41, 5.74) is 1.33. The molecule has 0 unspecified atom stereocenters. The van der Waals surface area contributed by atoms with Gasteiger partial charge < -0.3 is 0 Å². The van der Waals surface area contributed by atoms with Crippen LogP contribution < -0.4 is 5.32 Å². The Morgan fingerprint density at radius 3 is 2.44 bits per heavy atom.